The molecule has 0 atom stereocenters. The maximum Gasteiger partial charge on any atom is 0.229 e. The Morgan fingerprint density at radius 2 is 2.12 bits per heavy atom. The average molecular weight is 236 g/mol. The van der Waals surface area contributed by atoms with Gasteiger partial charge < -0.3 is 15.4 Å². The van der Waals surface area contributed by atoms with Gasteiger partial charge in [-0.1, -0.05) is 18.2 Å². The highest BCUT2D eigenvalue weighted by molar-refractivity contribution is 5.93. The molecule has 1 aromatic carbocycles. The molecule has 1 rings (SSSR count). The van der Waals surface area contributed by atoms with Crippen molar-refractivity contribution in [3.8, 4) is 0 Å². The van der Waals surface area contributed by atoms with Crippen LogP contribution < -0.4 is 10.6 Å². The van der Waals surface area contributed by atoms with E-state index in [0.717, 1.165) is 11.3 Å². The first-order valence-electron chi connectivity index (χ1n) is 5.83. The fourth-order valence-corrected chi connectivity index (χ4v) is 1.62. The molecule has 4 nitrogen and oxygen atoms in total. The number of carbonyl (C=O) groups is 1. The molecule has 0 bridgehead atoms. The second kappa shape index (κ2) is 7.04. The standard InChI is InChI=1S/C13H20N2O2/c1-3-17-9-8-13(16)15(2)12-7-5-4-6-11(12)10-14/h4-7H,3,8-10,14H2,1-2H3. The molecule has 0 spiro atoms. The third-order valence-electron chi connectivity index (χ3n) is 2.61. The van der Waals surface area contributed by atoms with Crippen molar-refractivity contribution in [3.05, 3.63) is 29.8 Å². The van der Waals surface area contributed by atoms with Crippen LogP contribution in [0.5, 0.6) is 0 Å². The maximum atomic E-state index is 11.9. The van der Waals surface area contributed by atoms with Crippen LogP contribution in [-0.2, 0) is 16.1 Å². The van der Waals surface area contributed by atoms with Crippen molar-refractivity contribution in [2.24, 2.45) is 5.73 Å². The molecule has 1 aromatic rings. The molecule has 0 unspecified atom stereocenters. The number of para-hydroxylation sites is 1. The fourth-order valence-electron chi connectivity index (χ4n) is 1.62. The summed E-state index contributed by atoms with van der Waals surface area (Å²) in [5, 5.41) is 0. The van der Waals surface area contributed by atoms with Gasteiger partial charge in [-0.2, -0.15) is 0 Å². The summed E-state index contributed by atoms with van der Waals surface area (Å²) >= 11 is 0. The molecule has 0 saturated carbocycles. The van der Waals surface area contributed by atoms with Gasteiger partial charge in [0.05, 0.1) is 13.0 Å². The Kier molecular flexibility index (Phi) is 5.66. The van der Waals surface area contributed by atoms with Crippen LogP contribution in [0.1, 0.15) is 18.9 Å². The molecule has 0 saturated heterocycles. The quantitative estimate of drug-likeness (QED) is 0.762. The molecule has 17 heavy (non-hydrogen) atoms. The second-order valence-electron chi connectivity index (χ2n) is 3.73. The Labute approximate surface area is 102 Å². The van der Waals surface area contributed by atoms with Crippen LogP contribution in [0.3, 0.4) is 0 Å². The number of nitrogens with two attached hydrogens (primary N) is 1. The van der Waals surface area contributed by atoms with Crippen molar-refractivity contribution in [2.75, 3.05) is 25.2 Å². The lowest BCUT2D eigenvalue weighted by atomic mass is 10.1. The van der Waals surface area contributed by atoms with Gasteiger partial charge in [-0.3, -0.25) is 4.79 Å². The predicted octanol–water partition coefficient (Wildman–Crippen LogP) is 1.53. The summed E-state index contributed by atoms with van der Waals surface area (Å²) in [6.07, 6.45) is 0.392. The molecule has 0 aliphatic heterocycles. The topological polar surface area (TPSA) is 55.6 Å². The summed E-state index contributed by atoms with van der Waals surface area (Å²) in [4.78, 5) is 13.5. The molecule has 0 radical (unpaired) electrons. The highest BCUT2D eigenvalue weighted by Crippen LogP contribution is 2.19. The Bertz CT molecular complexity index is 366. The molecular weight excluding hydrogens is 216 g/mol. The summed E-state index contributed by atoms with van der Waals surface area (Å²) in [5.41, 5.74) is 7.49. The summed E-state index contributed by atoms with van der Waals surface area (Å²) in [5.74, 6) is 0.0411. The van der Waals surface area contributed by atoms with Crippen molar-refractivity contribution in [1.29, 1.82) is 0 Å². The van der Waals surface area contributed by atoms with E-state index in [-0.39, 0.29) is 5.91 Å². The first-order chi connectivity index (χ1) is 8.20. The molecular formula is C13H20N2O2. The summed E-state index contributed by atoms with van der Waals surface area (Å²) in [6.45, 7) is 3.44. The summed E-state index contributed by atoms with van der Waals surface area (Å²) in [7, 11) is 1.77. The van der Waals surface area contributed by atoms with Crippen molar-refractivity contribution in [1.82, 2.24) is 0 Å². The number of nitrogens with zero attached hydrogens (tertiary/aromatic N) is 1. The van der Waals surface area contributed by atoms with Crippen molar-refractivity contribution in [3.63, 3.8) is 0 Å². The highest BCUT2D eigenvalue weighted by Gasteiger charge is 2.12. The predicted molar refractivity (Wildman–Crippen MR) is 68.9 cm³/mol. The Balaban J connectivity index is 2.67. The van der Waals surface area contributed by atoms with E-state index in [0.29, 0.717) is 26.2 Å². The van der Waals surface area contributed by atoms with Crippen LogP contribution in [0.4, 0.5) is 5.69 Å². The van der Waals surface area contributed by atoms with Crippen LogP contribution >= 0.6 is 0 Å². The largest absolute Gasteiger partial charge is 0.381 e. The number of benzene rings is 1. The van der Waals surface area contributed by atoms with Gasteiger partial charge in [-0.05, 0) is 18.6 Å². The van der Waals surface area contributed by atoms with Gasteiger partial charge in [0, 0.05) is 25.9 Å². The van der Waals surface area contributed by atoms with Crippen LogP contribution in [0.25, 0.3) is 0 Å². The first kappa shape index (κ1) is 13.7. The Hall–Kier alpha value is -1.39. The molecule has 0 heterocycles. The minimum Gasteiger partial charge on any atom is -0.381 e. The van der Waals surface area contributed by atoms with Crippen LogP contribution in [-0.4, -0.2) is 26.2 Å². The number of ether oxygens (including phenoxy) is 1. The zero-order valence-electron chi connectivity index (χ0n) is 10.5. The van der Waals surface area contributed by atoms with E-state index >= 15 is 0 Å². The number of anilines is 1. The van der Waals surface area contributed by atoms with Gasteiger partial charge in [-0.15, -0.1) is 0 Å². The molecule has 0 aliphatic rings. The zero-order chi connectivity index (χ0) is 12.7. The van der Waals surface area contributed by atoms with E-state index < -0.39 is 0 Å². The summed E-state index contributed by atoms with van der Waals surface area (Å²) in [6, 6.07) is 7.66. The molecule has 4 heteroatoms. The number of amides is 1. The molecule has 0 aromatic heterocycles. The SMILES string of the molecule is CCOCCC(=O)N(C)c1ccccc1CN. The Morgan fingerprint density at radius 1 is 1.41 bits per heavy atom. The van der Waals surface area contributed by atoms with Gasteiger partial charge >= 0.3 is 0 Å². The van der Waals surface area contributed by atoms with Gasteiger partial charge in [0.2, 0.25) is 5.91 Å². The van der Waals surface area contributed by atoms with Crippen LogP contribution in [0.2, 0.25) is 0 Å². The monoisotopic (exact) mass is 236 g/mol. The van der Waals surface area contributed by atoms with Crippen molar-refractivity contribution in [2.45, 2.75) is 19.9 Å². The third-order valence-corrected chi connectivity index (χ3v) is 2.61. The lowest BCUT2D eigenvalue weighted by Crippen LogP contribution is -2.28. The van der Waals surface area contributed by atoms with E-state index in [1.807, 2.05) is 31.2 Å². The van der Waals surface area contributed by atoms with E-state index in [1.165, 1.54) is 0 Å². The molecule has 1 amide bonds. The number of rotatable bonds is 6. The fraction of sp³-hybridized carbons (Fsp3) is 0.462. The van der Waals surface area contributed by atoms with E-state index in [4.69, 9.17) is 10.5 Å². The second-order valence-corrected chi connectivity index (χ2v) is 3.73. The minimum absolute atomic E-state index is 0.0411. The number of hydrogen-bond acceptors (Lipinski definition) is 3. The molecule has 0 aliphatic carbocycles. The van der Waals surface area contributed by atoms with Crippen molar-refractivity contribution >= 4 is 11.6 Å². The lowest BCUT2D eigenvalue weighted by molar-refractivity contribution is -0.119. The number of carbonyl (C=O) groups excluding carboxylic acids is 1. The lowest BCUT2D eigenvalue weighted by Gasteiger charge is -2.20. The normalized spacial score (nSPS) is 10.3. The average Bonchev–Trinajstić information content (AvgIpc) is 2.38. The molecule has 94 valence electrons. The Morgan fingerprint density at radius 3 is 2.76 bits per heavy atom. The molecule has 0 fully saturated rings. The number of hydrogen-bond donors (Lipinski definition) is 1. The van der Waals surface area contributed by atoms with E-state index in [9.17, 15) is 4.79 Å². The highest BCUT2D eigenvalue weighted by atomic mass is 16.5. The van der Waals surface area contributed by atoms with Gasteiger partial charge in [0.25, 0.3) is 0 Å². The molecule has 2 N–H and O–H groups in total. The van der Waals surface area contributed by atoms with E-state index in [1.54, 1.807) is 11.9 Å². The smallest absolute Gasteiger partial charge is 0.229 e. The first-order valence-corrected chi connectivity index (χ1v) is 5.83. The van der Waals surface area contributed by atoms with Gasteiger partial charge in [0.1, 0.15) is 0 Å². The van der Waals surface area contributed by atoms with Gasteiger partial charge in [-0.25, -0.2) is 0 Å². The van der Waals surface area contributed by atoms with Crippen LogP contribution in [0, 0.1) is 0 Å². The summed E-state index contributed by atoms with van der Waals surface area (Å²) < 4.78 is 5.17. The van der Waals surface area contributed by atoms with Crippen molar-refractivity contribution < 1.29 is 9.53 Å². The minimum atomic E-state index is 0.0411. The maximum absolute atomic E-state index is 11.9. The van der Waals surface area contributed by atoms with E-state index in [2.05, 4.69) is 0 Å². The van der Waals surface area contributed by atoms with Gasteiger partial charge in [0.15, 0.2) is 0 Å². The van der Waals surface area contributed by atoms with Crippen LogP contribution in [0.15, 0.2) is 24.3 Å². The zero-order valence-corrected chi connectivity index (χ0v) is 10.5. The third kappa shape index (κ3) is 3.84.